The molecule has 5 heteroatoms. The van der Waals surface area contributed by atoms with Crippen LogP contribution in [0.1, 0.15) is 39.5 Å². The van der Waals surface area contributed by atoms with Gasteiger partial charge < -0.3 is 15.7 Å². The highest BCUT2D eigenvalue weighted by Crippen LogP contribution is 2.30. The largest absolute Gasteiger partial charge is 0.481 e. The minimum absolute atomic E-state index is 0.0306. The molecule has 1 rings (SSSR count). The summed E-state index contributed by atoms with van der Waals surface area (Å²) in [5, 5.41) is 14.9. The molecule has 5 nitrogen and oxygen atoms in total. The number of carbonyl (C=O) groups excluding carboxylic acids is 1. The van der Waals surface area contributed by atoms with E-state index in [-0.39, 0.29) is 23.7 Å². The Labute approximate surface area is 108 Å². The first-order valence-electron chi connectivity index (χ1n) is 6.71. The van der Waals surface area contributed by atoms with Gasteiger partial charge in [0, 0.05) is 19.5 Å². The second kappa shape index (κ2) is 6.73. The van der Waals surface area contributed by atoms with E-state index in [9.17, 15) is 9.59 Å². The molecule has 0 radical (unpaired) electrons. The van der Waals surface area contributed by atoms with Crippen LogP contribution in [0.25, 0.3) is 0 Å². The van der Waals surface area contributed by atoms with Crippen LogP contribution in [0.15, 0.2) is 0 Å². The summed E-state index contributed by atoms with van der Waals surface area (Å²) in [6.45, 7) is 6.01. The number of hydrogen-bond acceptors (Lipinski definition) is 3. The van der Waals surface area contributed by atoms with E-state index in [0.717, 1.165) is 32.4 Å². The second-order valence-corrected chi connectivity index (χ2v) is 5.33. The summed E-state index contributed by atoms with van der Waals surface area (Å²) in [6, 6.07) is 0. The maximum Gasteiger partial charge on any atom is 0.303 e. The number of amides is 1. The molecule has 0 saturated carbocycles. The fourth-order valence-corrected chi connectivity index (χ4v) is 2.45. The Morgan fingerprint density at radius 2 is 2.22 bits per heavy atom. The van der Waals surface area contributed by atoms with E-state index in [1.807, 2.05) is 13.8 Å². The van der Waals surface area contributed by atoms with Crippen LogP contribution < -0.4 is 10.6 Å². The van der Waals surface area contributed by atoms with E-state index < -0.39 is 5.97 Å². The number of carboxylic acids is 1. The van der Waals surface area contributed by atoms with Gasteiger partial charge in [-0.05, 0) is 31.7 Å². The lowest BCUT2D eigenvalue weighted by Gasteiger charge is -2.35. The van der Waals surface area contributed by atoms with Gasteiger partial charge in [0.05, 0.1) is 5.41 Å². The molecule has 1 aliphatic heterocycles. The van der Waals surface area contributed by atoms with E-state index in [0.29, 0.717) is 6.54 Å². The van der Waals surface area contributed by atoms with Crippen LogP contribution in [-0.4, -0.2) is 36.6 Å². The fourth-order valence-electron chi connectivity index (χ4n) is 2.45. The highest BCUT2D eigenvalue weighted by atomic mass is 16.4. The lowest BCUT2D eigenvalue weighted by molar-refractivity contribution is -0.138. The van der Waals surface area contributed by atoms with Gasteiger partial charge in [-0.1, -0.05) is 13.8 Å². The van der Waals surface area contributed by atoms with E-state index >= 15 is 0 Å². The Hall–Kier alpha value is -1.10. The van der Waals surface area contributed by atoms with Gasteiger partial charge in [0.25, 0.3) is 0 Å². The smallest absolute Gasteiger partial charge is 0.303 e. The van der Waals surface area contributed by atoms with Crippen molar-refractivity contribution in [3.8, 4) is 0 Å². The first-order chi connectivity index (χ1) is 8.50. The van der Waals surface area contributed by atoms with Crippen molar-refractivity contribution in [2.45, 2.75) is 39.5 Å². The Morgan fingerprint density at radius 3 is 2.72 bits per heavy atom. The van der Waals surface area contributed by atoms with Gasteiger partial charge in [-0.25, -0.2) is 0 Å². The molecule has 0 aromatic carbocycles. The maximum absolute atomic E-state index is 12.2. The van der Waals surface area contributed by atoms with Crippen LogP contribution in [0.5, 0.6) is 0 Å². The number of nitrogens with one attached hydrogen (secondary N) is 2. The van der Waals surface area contributed by atoms with Crippen LogP contribution in [0, 0.1) is 11.3 Å². The number of rotatable bonds is 6. The summed E-state index contributed by atoms with van der Waals surface area (Å²) in [6.07, 6.45) is 2.85. The molecule has 2 atom stereocenters. The molecule has 1 heterocycles. The Kier molecular flexibility index (Phi) is 5.59. The van der Waals surface area contributed by atoms with Gasteiger partial charge in [-0.3, -0.25) is 9.59 Å². The molecule has 3 N–H and O–H groups in total. The molecule has 0 aromatic heterocycles. The highest BCUT2D eigenvalue weighted by Gasteiger charge is 2.37. The number of piperidine rings is 1. The molecule has 0 aromatic rings. The van der Waals surface area contributed by atoms with Gasteiger partial charge in [0.15, 0.2) is 0 Å². The zero-order chi connectivity index (χ0) is 13.6. The van der Waals surface area contributed by atoms with Crippen molar-refractivity contribution in [2.75, 3.05) is 19.6 Å². The molecule has 2 unspecified atom stereocenters. The van der Waals surface area contributed by atoms with Crippen LogP contribution in [0.3, 0.4) is 0 Å². The quantitative estimate of drug-likeness (QED) is 0.662. The Bertz CT molecular complexity index is 299. The van der Waals surface area contributed by atoms with Gasteiger partial charge in [0.2, 0.25) is 5.91 Å². The lowest BCUT2D eigenvalue weighted by Crippen LogP contribution is -2.50. The number of hydrogen-bond donors (Lipinski definition) is 3. The summed E-state index contributed by atoms with van der Waals surface area (Å²) in [7, 11) is 0. The summed E-state index contributed by atoms with van der Waals surface area (Å²) < 4.78 is 0. The highest BCUT2D eigenvalue weighted by molar-refractivity contribution is 5.83. The second-order valence-electron chi connectivity index (χ2n) is 5.33. The molecule has 1 saturated heterocycles. The van der Waals surface area contributed by atoms with Crippen molar-refractivity contribution in [1.82, 2.24) is 10.6 Å². The third kappa shape index (κ3) is 3.98. The molecule has 18 heavy (non-hydrogen) atoms. The normalized spacial score (nSPS) is 25.4. The monoisotopic (exact) mass is 256 g/mol. The molecule has 1 aliphatic rings. The standard InChI is InChI=1S/C13H24N2O3/c1-3-13(5-4-6-14-9-13)12(18)15-8-10(2)7-11(16)17/h10,14H,3-9H2,1-2H3,(H,15,18)(H,16,17). The van der Waals surface area contributed by atoms with Crippen LogP contribution in [-0.2, 0) is 9.59 Å². The Morgan fingerprint density at radius 1 is 1.50 bits per heavy atom. The average molecular weight is 256 g/mol. The minimum atomic E-state index is -0.818. The first kappa shape index (κ1) is 15.0. The van der Waals surface area contributed by atoms with E-state index in [1.54, 1.807) is 0 Å². The minimum Gasteiger partial charge on any atom is -0.481 e. The fraction of sp³-hybridized carbons (Fsp3) is 0.846. The number of carbonyl (C=O) groups is 2. The predicted molar refractivity (Wildman–Crippen MR) is 69.3 cm³/mol. The van der Waals surface area contributed by atoms with Crippen LogP contribution in [0.4, 0.5) is 0 Å². The molecule has 1 fully saturated rings. The van der Waals surface area contributed by atoms with Crippen LogP contribution in [0.2, 0.25) is 0 Å². The SMILES string of the molecule is CCC1(C(=O)NCC(C)CC(=O)O)CCCNC1. The van der Waals surface area contributed by atoms with Crippen molar-refractivity contribution in [3.05, 3.63) is 0 Å². The van der Waals surface area contributed by atoms with Gasteiger partial charge in [-0.2, -0.15) is 0 Å². The average Bonchev–Trinajstić information content (AvgIpc) is 2.36. The predicted octanol–water partition coefficient (Wildman–Crippen LogP) is 0.993. The summed E-state index contributed by atoms with van der Waals surface area (Å²) in [5.74, 6) is -0.785. The van der Waals surface area contributed by atoms with E-state index in [4.69, 9.17) is 5.11 Å². The van der Waals surface area contributed by atoms with Crippen molar-refractivity contribution in [3.63, 3.8) is 0 Å². The molecule has 1 amide bonds. The zero-order valence-electron chi connectivity index (χ0n) is 11.3. The van der Waals surface area contributed by atoms with Gasteiger partial charge in [-0.15, -0.1) is 0 Å². The number of aliphatic carboxylic acids is 1. The third-order valence-electron chi connectivity index (χ3n) is 3.76. The van der Waals surface area contributed by atoms with Crippen molar-refractivity contribution in [1.29, 1.82) is 0 Å². The summed E-state index contributed by atoms with van der Waals surface area (Å²) >= 11 is 0. The first-order valence-corrected chi connectivity index (χ1v) is 6.71. The topological polar surface area (TPSA) is 78.4 Å². The maximum atomic E-state index is 12.2. The summed E-state index contributed by atoms with van der Waals surface area (Å²) in [4.78, 5) is 22.8. The molecule has 0 aliphatic carbocycles. The van der Waals surface area contributed by atoms with E-state index in [2.05, 4.69) is 10.6 Å². The molecule has 0 bridgehead atoms. The molecule has 104 valence electrons. The van der Waals surface area contributed by atoms with Gasteiger partial charge in [0.1, 0.15) is 0 Å². The van der Waals surface area contributed by atoms with Crippen molar-refractivity contribution < 1.29 is 14.7 Å². The van der Waals surface area contributed by atoms with Gasteiger partial charge >= 0.3 is 5.97 Å². The zero-order valence-corrected chi connectivity index (χ0v) is 11.3. The van der Waals surface area contributed by atoms with E-state index in [1.165, 1.54) is 0 Å². The van der Waals surface area contributed by atoms with Crippen LogP contribution >= 0.6 is 0 Å². The summed E-state index contributed by atoms with van der Waals surface area (Å²) in [5.41, 5.74) is -0.304. The van der Waals surface area contributed by atoms with Crippen molar-refractivity contribution >= 4 is 11.9 Å². The molecular formula is C13H24N2O3. The van der Waals surface area contributed by atoms with Crippen molar-refractivity contribution in [2.24, 2.45) is 11.3 Å². The molecule has 0 spiro atoms. The molecular weight excluding hydrogens is 232 g/mol. The third-order valence-corrected chi connectivity index (χ3v) is 3.76. The Balaban J connectivity index is 2.45. The number of carboxylic acid groups (broad SMARTS) is 1. The lowest BCUT2D eigenvalue weighted by atomic mass is 9.77.